The lowest BCUT2D eigenvalue weighted by Crippen LogP contribution is -2.14. The highest BCUT2D eigenvalue weighted by Gasteiger charge is 2.15. The van der Waals surface area contributed by atoms with E-state index in [1.54, 1.807) is 7.11 Å². The van der Waals surface area contributed by atoms with E-state index in [0.29, 0.717) is 5.69 Å². The van der Waals surface area contributed by atoms with Crippen molar-refractivity contribution in [3.63, 3.8) is 0 Å². The smallest absolute Gasteiger partial charge is 0.273 e. The Labute approximate surface area is 167 Å². The number of nitrogens with zero attached hydrogens (tertiary/aromatic N) is 3. The van der Waals surface area contributed by atoms with E-state index in [4.69, 9.17) is 4.74 Å². The third kappa shape index (κ3) is 3.44. The maximum absolute atomic E-state index is 12.8. The minimum absolute atomic E-state index is 0.164. The second kappa shape index (κ2) is 7.36. The maximum Gasteiger partial charge on any atom is 0.273 e. The van der Waals surface area contributed by atoms with Gasteiger partial charge in [0.25, 0.3) is 5.91 Å². The summed E-state index contributed by atoms with van der Waals surface area (Å²) in [4.78, 5) is 20.2. The van der Waals surface area contributed by atoms with Gasteiger partial charge in [-0.05, 0) is 48.5 Å². The molecule has 2 aromatic heterocycles. The zero-order valence-electron chi connectivity index (χ0n) is 15.8. The zero-order valence-corrected chi connectivity index (χ0v) is 16.7. The Bertz CT molecular complexity index is 1110. The molecule has 0 fully saturated rings. The summed E-state index contributed by atoms with van der Waals surface area (Å²) in [7, 11) is 5.60. The molecule has 0 unspecified atom stereocenters. The minimum Gasteiger partial charge on any atom is -0.497 e. The summed E-state index contributed by atoms with van der Waals surface area (Å²) in [5.74, 6) is 0.632. The predicted molar refractivity (Wildman–Crippen MR) is 114 cm³/mol. The largest absolute Gasteiger partial charge is 0.497 e. The molecule has 2 heterocycles. The average Bonchev–Trinajstić information content (AvgIpc) is 3.29. The monoisotopic (exact) mass is 392 g/mol. The molecule has 0 atom stereocenters. The van der Waals surface area contributed by atoms with Gasteiger partial charge in [-0.2, -0.15) is 0 Å². The van der Waals surface area contributed by atoms with Gasteiger partial charge in [-0.15, -0.1) is 11.3 Å². The van der Waals surface area contributed by atoms with Crippen molar-refractivity contribution in [3.05, 3.63) is 65.8 Å². The third-order valence-electron chi connectivity index (χ3n) is 4.47. The van der Waals surface area contributed by atoms with Crippen molar-refractivity contribution < 1.29 is 9.53 Å². The van der Waals surface area contributed by atoms with E-state index in [1.807, 2.05) is 83.5 Å². The summed E-state index contributed by atoms with van der Waals surface area (Å²) in [6.45, 7) is 0. The molecule has 7 heteroatoms. The van der Waals surface area contributed by atoms with E-state index < -0.39 is 0 Å². The molecule has 1 amide bonds. The van der Waals surface area contributed by atoms with Gasteiger partial charge in [0.1, 0.15) is 11.4 Å². The first-order chi connectivity index (χ1) is 13.5. The minimum atomic E-state index is -0.164. The molecule has 28 heavy (non-hydrogen) atoms. The van der Waals surface area contributed by atoms with Gasteiger partial charge in [0.05, 0.1) is 12.8 Å². The van der Waals surface area contributed by atoms with Crippen molar-refractivity contribution in [1.82, 2.24) is 9.38 Å². The second-order valence-corrected chi connectivity index (χ2v) is 7.36. The quantitative estimate of drug-likeness (QED) is 0.547. The molecule has 0 spiro atoms. The molecular formula is C21H20N4O2S. The number of carbonyl (C=O) groups excluding carboxylic acids is 1. The van der Waals surface area contributed by atoms with E-state index in [2.05, 4.69) is 10.3 Å². The number of benzene rings is 2. The van der Waals surface area contributed by atoms with Crippen LogP contribution in [0.4, 0.5) is 11.4 Å². The van der Waals surface area contributed by atoms with E-state index >= 15 is 0 Å². The number of ether oxygens (including phenoxy) is 1. The molecule has 0 radical (unpaired) electrons. The molecule has 0 saturated carbocycles. The Hall–Kier alpha value is -3.32. The molecular weight excluding hydrogens is 372 g/mol. The van der Waals surface area contributed by atoms with Crippen molar-refractivity contribution in [2.45, 2.75) is 0 Å². The summed E-state index contributed by atoms with van der Waals surface area (Å²) in [5, 5.41) is 4.77. The number of nitrogens with one attached hydrogen (secondary N) is 1. The number of imidazole rings is 1. The molecule has 0 aliphatic carbocycles. The number of hydrogen-bond acceptors (Lipinski definition) is 5. The molecule has 2 aromatic carbocycles. The van der Waals surface area contributed by atoms with Crippen molar-refractivity contribution in [2.75, 3.05) is 31.4 Å². The number of anilines is 2. The lowest BCUT2D eigenvalue weighted by molar-refractivity contribution is 0.102. The van der Waals surface area contributed by atoms with Crippen molar-refractivity contribution in [1.29, 1.82) is 0 Å². The average molecular weight is 392 g/mol. The molecule has 0 saturated heterocycles. The van der Waals surface area contributed by atoms with Gasteiger partial charge in [0, 0.05) is 42.6 Å². The Morgan fingerprint density at radius 1 is 1.11 bits per heavy atom. The Morgan fingerprint density at radius 2 is 1.82 bits per heavy atom. The number of rotatable bonds is 5. The Balaban J connectivity index is 1.58. The van der Waals surface area contributed by atoms with Crippen LogP contribution in [0.3, 0.4) is 0 Å². The Kier molecular flexibility index (Phi) is 4.75. The van der Waals surface area contributed by atoms with Gasteiger partial charge in [-0.3, -0.25) is 9.20 Å². The summed E-state index contributed by atoms with van der Waals surface area (Å²) in [5.41, 5.74) is 4.19. The summed E-state index contributed by atoms with van der Waals surface area (Å²) < 4.78 is 7.02. The molecule has 0 aliphatic rings. The van der Waals surface area contributed by atoms with Gasteiger partial charge in [-0.1, -0.05) is 0 Å². The highest BCUT2D eigenvalue weighted by molar-refractivity contribution is 7.15. The fourth-order valence-corrected chi connectivity index (χ4v) is 3.74. The van der Waals surface area contributed by atoms with Crippen LogP contribution in [-0.2, 0) is 0 Å². The first kappa shape index (κ1) is 18.1. The molecule has 4 rings (SSSR count). The van der Waals surface area contributed by atoms with Gasteiger partial charge in [0.15, 0.2) is 4.96 Å². The van der Waals surface area contributed by atoms with E-state index in [0.717, 1.165) is 33.3 Å². The first-order valence-corrected chi connectivity index (χ1v) is 9.63. The van der Waals surface area contributed by atoms with Crippen LogP contribution in [0.5, 0.6) is 5.75 Å². The third-order valence-corrected chi connectivity index (χ3v) is 5.31. The molecule has 142 valence electrons. The molecule has 0 bridgehead atoms. The van der Waals surface area contributed by atoms with E-state index in [9.17, 15) is 4.79 Å². The molecule has 0 aliphatic heterocycles. The van der Waals surface area contributed by atoms with Gasteiger partial charge >= 0.3 is 0 Å². The van der Waals surface area contributed by atoms with Crippen LogP contribution in [0.2, 0.25) is 0 Å². The van der Waals surface area contributed by atoms with Crippen molar-refractivity contribution in [3.8, 4) is 17.0 Å². The standard InChI is InChI=1S/C21H20N4O2S/c1-24(2)16-8-6-15(7-9-16)22-20(26)19-13-28-21-23-18(12-25(19)21)14-4-10-17(27-3)11-5-14/h4-13H,1-3H3,(H,22,26). The maximum atomic E-state index is 12.8. The first-order valence-electron chi connectivity index (χ1n) is 8.75. The van der Waals surface area contributed by atoms with Gasteiger partial charge in [-0.25, -0.2) is 4.98 Å². The summed E-state index contributed by atoms with van der Waals surface area (Å²) >= 11 is 1.44. The van der Waals surface area contributed by atoms with Crippen LogP contribution in [0.15, 0.2) is 60.1 Å². The van der Waals surface area contributed by atoms with Crippen LogP contribution in [0.1, 0.15) is 10.5 Å². The second-order valence-electron chi connectivity index (χ2n) is 6.52. The number of hydrogen-bond donors (Lipinski definition) is 1. The normalized spacial score (nSPS) is 10.8. The van der Waals surface area contributed by atoms with Crippen LogP contribution in [0.25, 0.3) is 16.2 Å². The fraction of sp³-hybridized carbons (Fsp3) is 0.143. The van der Waals surface area contributed by atoms with Crippen LogP contribution in [0, 0.1) is 0 Å². The number of methoxy groups -OCH3 is 1. The molecule has 1 N–H and O–H groups in total. The number of fused-ring (bicyclic) bond motifs is 1. The van der Waals surface area contributed by atoms with Crippen molar-refractivity contribution >= 4 is 33.6 Å². The van der Waals surface area contributed by atoms with Gasteiger partial charge in [0.2, 0.25) is 0 Å². The molecule has 6 nitrogen and oxygen atoms in total. The fourth-order valence-electron chi connectivity index (χ4n) is 2.89. The lowest BCUT2D eigenvalue weighted by atomic mass is 10.2. The highest BCUT2D eigenvalue weighted by atomic mass is 32.1. The van der Waals surface area contributed by atoms with Crippen molar-refractivity contribution in [2.24, 2.45) is 0 Å². The van der Waals surface area contributed by atoms with E-state index in [-0.39, 0.29) is 5.91 Å². The summed E-state index contributed by atoms with van der Waals surface area (Å²) in [6, 6.07) is 15.4. The van der Waals surface area contributed by atoms with Crippen LogP contribution < -0.4 is 15.0 Å². The summed E-state index contributed by atoms with van der Waals surface area (Å²) in [6.07, 6.45) is 1.89. The highest BCUT2D eigenvalue weighted by Crippen LogP contribution is 2.26. The zero-order chi connectivity index (χ0) is 19.7. The van der Waals surface area contributed by atoms with Crippen LogP contribution in [-0.4, -0.2) is 36.5 Å². The predicted octanol–water partition coefficient (Wildman–Crippen LogP) is 4.39. The lowest BCUT2D eigenvalue weighted by Gasteiger charge is -2.12. The molecule has 4 aromatic rings. The Morgan fingerprint density at radius 3 is 2.46 bits per heavy atom. The van der Waals surface area contributed by atoms with Crippen LogP contribution >= 0.6 is 11.3 Å². The number of carbonyl (C=O) groups is 1. The number of thiazole rings is 1. The topological polar surface area (TPSA) is 58.9 Å². The SMILES string of the molecule is COc1ccc(-c2cn3c(C(=O)Nc4ccc(N(C)C)cc4)csc3n2)cc1. The van der Waals surface area contributed by atoms with E-state index in [1.165, 1.54) is 11.3 Å². The number of aromatic nitrogens is 2. The number of amides is 1. The van der Waals surface area contributed by atoms with Gasteiger partial charge < -0.3 is 15.0 Å².